The first-order chi connectivity index (χ1) is 12.6. The molecule has 0 heterocycles. The molecule has 1 atom stereocenters. The van der Waals surface area contributed by atoms with E-state index in [-0.39, 0.29) is 6.10 Å². The quantitative estimate of drug-likeness (QED) is 0.695. The maximum absolute atomic E-state index is 11.2. The molecule has 1 aliphatic carbocycles. The first-order valence-electron chi connectivity index (χ1n) is 8.87. The summed E-state index contributed by atoms with van der Waals surface area (Å²) in [6.07, 6.45) is 1.83. The lowest BCUT2D eigenvalue weighted by atomic mass is 9.96. The number of nitrogens with one attached hydrogen (secondary N) is 1. The number of benzene rings is 2. The van der Waals surface area contributed by atoms with Crippen LogP contribution in [0.25, 0.3) is 0 Å². The fourth-order valence-electron chi connectivity index (χ4n) is 3.10. The average molecular weight is 374 g/mol. The second-order valence-electron chi connectivity index (χ2n) is 6.68. The standard InChI is InChI=1S/C21H24ClNO3/c1-14-10-17(15-6-7-15)12-18(11-14)20(16-4-3-5-19(22)13-16)26-9-8-23-21(24)25-2/h3-5,10-13,15,20H,6-9H2,1-2H3,(H,23,24). The minimum Gasteiger partial charge on any atom is -0.453 e. The summed E-state index contributed by atoms with van der Waals surface area (Å²) in [6.45, 7) is 2.87. The topological polar surface area (TPSA) is 47.6 Å². The summed E-state index contributed by atoms with van der Waals surface area (Å²) < 4.78 is 10.7. The Hall–Kier alpha value is -2.04. The molecule has 138 valence electrons. The molecule has 4 nitrogen and oxygen atoms in total. The molecular formula is C21H24ClNO3. The molecule has 1 saturated carbocycles. The number of amides is 1. The van der Waals surface area contributed by atoms with Crippen molar-refractivity contribution in [3.63, 3.8) is 0 Å². The highest BCUT2D eigenvalue weighted by molar-refractivity contribution is 6.30. The number of alkyl carbamates (subject to hydrolysis) is 1. The summed E-state index contributed by atoms with van der Waals surface area (Å²) in [5.74, 6) is 0.676. The normalized spacial score (nSPS) is 14.7. The molecule has 3 rings (SSSR count). The van der Waals surface area contributed by atoms with Gasteiger partial charge in [-0.05, 0) is 54.5 Å². The monoisotopic (exact) mass is 373 g/mol. The lowest BCUT2D eigenvalue weighted by Crippen LogP contribution is -2.27. The van der Waals surface area contributed by atoms with Gasteiger partial charge in [-0.15, -0.1) is 0 Å². The molecule has 0 bridgehead atoms. The highest BCUT2D eigenvalue weighted by Gasteiger charge is 2.25. The number of rotatable bonds is 7. The Morgan fingerprint density at radius 3 is 2.73 bits per heavy atom. The third kappa shape index (κ3) is 4.99. The Bertz CT molecular complexity index is 774. The van der Waals surface area contributed by atoms with Gasteiger partial charge in [0, 0.05) is 11.6 Å². The lowest BCUT2D eigenvalue weighted by molar-refractivity contribution is 0.0805. The van der Waals surface area contributed by atoms with Crippen molar-refractivity contribution in [2.75, 3.05) is 20.3 Å². The van der Waals surface area contributed by atoms with Crippen LogP contribution in [0.1, 0.15) is 47.1 Å². The van der Waals surface area contributed by atoms with Crippen LogP contribution in [0.4, 0.5) is 4.79 Å². The van der Waals surface area contributed by atoms with E-state index in [4.69, 9.17) is 16.3 Å². The van der Waals surface area contributed by atoms with Crippen molar-refractivity contribution in [2.24, 2.45) is 0 Å². The van der Waals surface area contributed by atoms with E-state index in [1.165, 1.54) is 31.1 Å². The van der Waals surface area contributed by atoms with E-state index in [9.17, 15) is 4.79 Å². The maximum Gasteiger partial charge on any atom is 0.406 e. The molecule has 2 aromatic rings. The van der Waals surface area contributed by atoms with Crippen molar-refractivity contribution in [3.8, 4) is 0 Å². The van der Waals surface area contributed by atoms with Gasteiger partial charge >= 0.3 is 6.09 Å². The summed E-state index contributed by atoms with van der Waals surface area (Å²) >= 11 is 6.19. The van der Waals surface area contributed by atoms with Gasteiger partial charge in [-0.1, -0.05) is 47.5 Å². The van der Waals surface area contributed by atoms with Crippen molar-refractivity contribution in [1.29, 1.82) is 0 Å². The van der Waals surface area contributed by atoms with Crippen LogP contribution in [-0.4, -0.2) is 26.4 Å². The zero-order valence-corrected chi connectivity index (χ0v) is 15.9. The lowest BCUT2D eigenvalue weighted by Gasteiger charge is -2.21. The molecule has 0 spiro atoms. The zero-order chi connectivity index (χ0) is 18.5. The summed E-state index contributed by atoms with van der Waals surface area (Å²) in [5.41, 5.74) is 4.73. The van der Waals surface area contributed by atoms with Gasteiger partial charge in [0.2, 0.25) is 0 Å². The van der Waals surface area contributed by atoms with Crippen molar-refractivity contribution < 1.29 is 14.3 Å². The molecule has 1 N–H and O–H groups in total. The van der Waals surface area contributed by atoms with E-state index < -0.39 is 6.09 Å². The Labute approximate surface area is 159 Å². The SMILES string of the molecule is COC(=O)NCCOC(c1cccc(Cl)c1)c1cc(C)cc(C2CC2)c1. The first kappa shape index (κ1) is 18.7. The summed E-state index contributed by atoms with van der Waals surface area (Å²) in [6, 6.07) is 14.4. The van der Waals surface area contributed by atoms with E-state index in [1.807, 2.05) is 24.3 Å². The van der Waals surface area contributed by atoms with E-state index in [2.05, 4.69) is 35.2 Å². The number of hydrogen-bond acceptors (Lipinski definition) is 3. The Balaban J connectivity index is 1.82. The van der Waals surface area contributed by atoms with Crippen LogP contribution >= 0.6 is 11.6 Å². The number of aryl methyl sites for hydroxylation is 1. The number of ether oxygens (including phenoxy) is 2. The number of halogens is 1. The molecule has 0 saturated heterocycles. The van der Waals surface area contributed by atoms with Crippen molar-refractivity contribution in [2.45, 2.75) is 31.8 Å². The molecule has 5 heteroatoms. The molecule has 1 amide bonds. The van der Waals surface area contributed by atoms with Gasteiger partial charge < -0.3 is 14.8 Å². The maximum atomic E-state index is 11.2. The summed E-state index contributed by atoms with van der Waals surface area (Å²) in [5, 5.41) is 3.32. The van der Waals surface area contributed by atoms with Gasteiger partial charge in [0.05, 0.1) is 13.7 Å². The molecule has 2 aromatic carbocycles. The molecule has 1 fully saturated rings. The fourth-order valence-corrected chi connectivity index (χ4v) is 3.30. The summed E-state index contributed by atoms with van der Waals surface area (Å²) in [7, 11) is 1.34. The molecule has 0 radical (unpaired) electrons. The Morgan fingerprint density at radius 2 is 2.04 bits per heavy atom. The minimum atomic E-state index is -0.459. The van der Waals surface area contributed by atoms with Crippen LogP contribution in [0.5, 0.6) is 0 Å². The van der Waals surface area contributed by atoms with E-state index in [1.54, 1.807) is 0 Å². The largest absolute Gasteiger partial charge is 0.453 e. The zero-order valence-electron chi connectivity index (χ0n) is 15.1. The number of carbonyl (C=O) groups is 1. The number of carbonyl (C=O) groups excluding carboxylic acids is 1. The van der Waals surface area contributed by atoms with Crippen LogP contribution < -0.4 is 5.32 Å². The predicted molar refractivity (Wildman–Crippen MR) is 103 cm³/mol. The van der Waals surface area contributed by atoms with Crippen LogP contribution in [0, 0.1) is 6.92 Å². The second-order valence-corrected chi connectivity index (χ2v) is 7.11. The van der Waals surface area contributed by atoms with Crippen molar-refractivity contribution >= 4 is 17.7 Å². The molecule has 1 aliphatic rings. The third-order valence-electron chi connectivity index (χ3n) is 4.47. The van der Waals surface area contributed by atoms with Gasteiger partial charge in [0.1, 0.15) is 6.10 Å². The number of methoxy groups -OCH3 is 1. The van der Waals surface area contributed by atoms with Gasteiger partial charge in [-0.25, -0.2) is 4.79 Å². The number of hydrogen-bond donors (Lipinski definition) is 1. The van der Waals surface area contributed by atoms with Gasteiger partial charge in [-0.3, -0.25) is 0 Å². The van der Waals surface area contributed by atoms with Crippen LogP contribution in [0.3, 0.4) is 0 Å². The molecule has 0 aliphatic heterocycles. The molecule has 1 unspecified atom stereocenters. The second kappa shape index (κ2) is 8.56. The smallest absolute Gasteiger partial charge is 0.406 e. The average Bonchev–Trinajstić information content (AvgIpc) is 3.46. The fraction of sp³-hybridized carbons (Fsp3) is 0.381. The van der Waals surface area contributed by atoms with Gasteiger partial charge in [0.25, 0.3) is 0 Å². The Kier molecular flexibility index (Phi) is 6.17. The molecular weight excluding hydrogens is 350 g/mol. The molecule has 26 heavy (non-hydrogen) atoms. The summed E-state index contributed by atoms with van der Waals surface area (Å²) in [4.78, 5) is 11.2. The van der Waals surface area contributed by atoms with E-state index in [0.29, 0.717) is 24.1 Å². The van der Waals surface area contributed by atoms with Crippen LogP contribution in [0.15, 0.2) is 42.5 Å². The minimum absolute atomic E-state index is 0.231. The van der Waals surface area contributed by atoms with E-state index in [0.717, 1.165) is 11.1 Å². The van der Waals surface area contributed by atoms with Gasteiger partial charge in [-0.2, -0.15) is 0 Å². The van der Waals surface area contributed by atoms with E-state index >= 15 is 0 Å². The van der Waals surface area contributed by atoms with Gasteiger partial charge in [0.15, 0.2) is 0 Å². The van der Waals surface area contributed by atoms with Crippen molar-refractivity contribution in [1.82, 2.24) is 5.32 Å². The highest BCUT2D eigenvalue weighted by Crippen LogP contribution is 2.42. The Morgan fingerprint density at radius 1 is 1.23 bits per heavy atom. The molecule has 0 aromatic heterocycles. The van der Waals surface area contributed by atoms with Crippen molar-refractivity contribution in [3.05, 3.63) is 69.7 Å². The van der Waals surface area contributed by atoms with Crippen LogP contribution in [0.2, 0.25) is 5.02 Å². The highest BCUT2D eigenvalue weighted by atomic mass is 35.5. The van der Waals surface area contributed by atoms with Crippen LogP contribution in [-0.2, 0) is 9.47 Å². The third-order valence-corrected chi connectivity index (χ3v) is 4.70. The predicted octanol–water partition coefficient (Wildman–Crippen LogP) is 4.99. The first-order valence-corrected chi connectivity index (χ1v) is 9.25.